The molecule has 0 spiro atoms. The maximum absolute atomic E-state index is 13.2. The van der Waals surface area contributed by atoms with Crippen molar-refractivity contribution in [1.29, 1.82) is 0 Å². The van der Waals surface area contributed by atoms with Gasteiger partial charge in [-0.1, -0.05) is 6.08 Å². The predicted octanol–water partition coefficient (Wildman–Crippen LogP) is 0.887. The number of aromatic nitrogens is 2. The monoisotopic (exact) mass is 472 g/mol. The Balaban J connectivity index is 1.71. The molecule has 13 heteroatoms. The number of nitrogens with one attached hydrogen (secondary N) is 1. The maximum atomic E-state index is 13.2. The molecule has 3 amide bonds. The van der Waals surface area contributed by atoms with Crippen LogP contribution in [0.3, 0.4) is 0 Å². The van der Waals surface area contributed by atoms with E-state index in [2.05, 4.69) is 9.82 Å². The van der Waals surface area contributed by atoms with Gasteiger partial charge < -0.3 is 0 Å². The van der Waals surface area contributed by atoms with Gasteiger partial charge in [0.1, 0.15) is 29.8 Å². The second-order valence-electron chi connectivity index (χ2n) is 8.05. The number of rotatable bonds is 8. The molecular formula is C19H21F3N5O4S+. The molecule has 9 nitrogen and oxygen atoms in total. The van der Waals surface area contributed by atoms with E-state index in [-0.39, 0.29) is 17.8 Å². The molecule has 2 aliphatic carbocycles. The fourth-order valence-corrected chi connectivity index (χ4v) is 5.24. The Labute approximate surface area is 181 Å². The molecule has 1 aliphatic heterocycles. The number of sulfonamides is 1. The van der Waals surface area contributed by atoms with E-state index >= 15 is 0 Å². The van der Waals surface area contributed by atoms with Gasteiger partial charge in [-0.15, -0.1) is 0 Å². The number of aryl methyl sites for hydroxylation is 1. The van der Waals surface area contributed by atoms with E-state index in [9.17, 15) is 31.2 Å². The van der Waals surface area contributed by atoms with E-state index in [4.69, 9.17) is 0 Å². The van der Waals surface area contributed by atoms with Crippen molar-refractivity contribution in [3.63, 3.8) is 0 Å². The van der Waals surface area contributed by atoms with Crippen LogP contribution in [-0.2, 0) is 28.4 Å². The highest BCUT2D eigenvalue weighted by molar-refractivity contribution is 7.90. The lowest BCUT2D eigenvalue weighted by Gasteiger charge is -2.26. The molecule has 1 fully saturated rings. The average molecular weight is 472 g/mol. The van der Waals surface area contributed by atoms with Crippen LogP contribution in [0.1, 0.15) is 18.4 Å². The summed E-state index contributed by atoms with van der Waals surface area (Å²) in [7, 11) is -2.46. The molecule has 1 aromatic heterocycles. The summed E-state index contributed by atoms with van der Waals surface area (Å²) in [6.07, 6.45) is 4.31. The number of amides is 3. The molecule has 0 bridgehead atoms. The molecule has 2 heterocycles. The summed E-state index contributed by atoms with van der Waals surface area (Å²) in [6, 6.07) is -0.940. The van der Waals surface area contributed by atoms with Gasteiger partial charge in [-0.25, -0.2) is 31.1 Å². The lowest BCUT2D eigenvalue weighted by Crippen LogP contribution is -2.53. The van der Waals surface area contributed by atoms with Gasteiger partial charge in [0.15, 0.2) is 6.54 Å². The molecule has 1 unspecified atom stereocenters. The van der Waals surface area contributed by atoms with Crippen LogP contribution in [0.15, 0.2) is 36.2 Å². The number of hydrogen-bond acceptors (Lipinski definition) is 5. The molecular weight excluding hydrogens is 451 g/mol. The number of carbonyl (C=O) groups excluding carboxylic acids is 2. The zero-order valence-electron chi connectivity index (χ0n) is 17.0. The maximum Gasteiger partial charge on any atom is 0.501 e. The average Bonchev–Trinajstić information content (AvgIpc) is 3.38. The summed E-state index contributed by atoms with van der Waals surface area (Å²) < 4.78 is 69.6. The van der Waals surface area contributed by atoms with Crippen molar-refractivity contribution < 1.29 is 35.8 Å². The van der Waals surface area contributed by atoms with Gasteiger partial charge in [-0.2, -0.15) is 19.4 Å². The van der Waals surface area contributed by atoms with Crippen LogP contribution in [0.5, 0.6) is 0 Å². The molecule has 1 saturated carbocycles. The zero-order valence-corrected chi connectivity index (χ0v) is 17.9. The molecule has 0 saturated heterocycles. The van der Waals surface area contributed by atoms with E-state index in [1.54, 1.807) is 13.2 Å². The van der Waals surface area contributed by atoms with E-state index in [0.717, 1.165) is 15.6 Å². The molecule has 0 radical (unpaired) electrons. The molecule has 0 aromatic carbocycles. The molecule has 32 heavy (non-hydrogen) atoms. The van der Waals surface area contributed by atoms with E-state index in [0.29, 0.717) is 18.4 Å². The van der Waals surface area contributed by atoms with Crippen LogP contribution < -0.4 is 4.72 Å². The summed E-state index contributed by atoms with van der Waals surface area (Å²) in [6.45, 7) is -2.04. The van der Waals surface area contributed by atoms with E-state index in [1.807, 2.05) is 0 Å². The first kappa shape index (κ1) is 22.4. The van der Waals surface area contributed by atoms with E-state index in [1.165, 1.54) is 23.0 Å². The molecule has 172 valence electrons. The third-order valence-corrected chi connectivity index (χ3v) is 7.25. The highest BCUT2D eigenvalue weighted by Gasteiger charge is 2.49. The number of nitrogens with zero attached hydrogens (tertiary/aromatic N) is 4. The van der Waals surface area contributed by atoms with E-state index < -0.39 is 52.4 Å². The second kappa shape index (κ2) is 7.96. The van der Waals surface area contributed by atoms with Crippen LogP contribution >= 0.6 is 0 Å². The van der Waals surface area contributed by atoms with Gasteiger partial charge >= 0.3 is 11.9 Å². The van der Waals surface area contributed by atoms with Crippen molar-refractivity contribution in [1.82, 2.24) is 19.4 Å². The highest BCUT2D eigenvalue weighted by Crippen LogP contribution is 2.37. The van der Waals surface area contributed by atoms with Crippen molar-refractivity contribution >= 4 is 27.7 Å². The predicted molar refractivity (Wildman–Crippen MR) is 106 cm³/mol. The minimum atomic E-state index is -4.09. The standard InChI is InChI=1S/C19H21F3N5O4S/c1-25-8-12(7-23-25)9-27-17(28)14-6-13(32(30,31)24-19(11-20)4-5-19)2-3-15(14)26(18(27)29)10-16(21)22/h2-3,6-8,13,16,24H,4-5,9-11H2,1H3/q+1. The quantitative estimate of drug-likeness (QED) is 0.566. The van der Waals surface area contributed by atoms with Crippen molar-refractivity contribution in [2.24, 2.45) is 7.05 Å². The zero-order chi connectivity index (χ0) is 23.3. The molecule has 4 rings (SSSR count). The number of carbonyl (C=O) groups is 2. The third kappa shape index (κ3) is 4.13. The van der Waals surface area contributed by atoms with Crippen LogP contribution in [-0.4, -0.2) is 75.8 Å². The number of fused-ring (bicyclic) bond motifs is 1. The molecule has 1 N–H and O–H groups in total. The van der Waals surface area contributed by atoms with Gasteiger partial charge in [0.25, 0.3) is 6.43 Å². The lowest BCUT2D eigenvalue weighted by atomic mass is 9.99. The smallest absolute Gasteiger partial charge is 0.275 e. The first-order valence-electron chi connectivity index (χ1n) is 9.80. The number of hydrogen-bond donors (Lipinski definition) is 1. The van der Waals surface area contributed by atoms with Gasteiger partial charge in [-0.05, 0) is 25.0 Å². The Morgan fingerprint density at radius 3 is 2.62 bits per heavy atom. The SMILES string of the molecule is Cn1cc(CN2C(=O)C3=CC(S(=O)(=O)NC4(CF)CC4)C=CC3=[N+](CC(F)F)C2=O)cn1. The van der Waals surface area contributed by atoms with Crippen molar-refractivity contribution in [2.45, 2.75) is 36.6 Å². The summed E-state index contributed by atoms with van der Waals surface area (Å²) in [5, 5.41) is 2.63. The molecule has 1 aromatic rings. The Hall–Kier alpha value is -2.80. The van der Waals surface area contributed by atoms with Gasteiger partial charge in [0.2, 0.25) is 10.0 Å². The topological polar surface area (TPSA) is 104 Å². The number of urea groups is 1. The lowest BCUT2D eigenvalue weighted by molar-refractivity contribution is -0.451. The Morgan fingerprint density at radius 1 is 1.34 bits per heavy atom. The Bertz CT molecular complexity index is 1170. The largest absolute Gasteiger partial charge is 0.501 e. The first-order valence-corrected chi connectivity index (χ1v) is 11.3. The fraction of sp³-hybridized carbons (Fsp3) is 0.474. The van der Waals surface area contributed by atoms with Crippen molar-refractivity contribution in [2.75, 3.05) is 13.2 Å². The Kier molecular flexibility index (Phi) is 5.57. The number of alkyl halides is 3. The minimum absolute atomic E-state index is 0.0965. The van der Waals surface area contributed by atoms with Gasteiger partial charge in [0, 0.05) is 18.8 Å². The minimum Gasteiger partial charge on any atom is -0.275 e. The van der Waals surface area contributed by atoms with Crippen LogP contribution in [0.25, 0.3) is 0 Å². The second-order valence-corrected chi connectivity index (χ2v) is 9.89. The Morgan fingerprint density at radius 2 is 2.06 bits per heavy atom. The van der Waals surface area contributed by atoms with Crippen molar-refractivity contribution in [3.05, 3.63) is 41.8 Å². The molecule has 3 aliphatic rings. The highest BCUT2D eigenvalue weighted by atomic mass is 32.2. The third-order valence-electron chi connectivity index (χ3n) is 5.52. The molecule has 1 atom stereocenters. The van der Waals surface area contributed by atoms with Crippen molar-refractivity contribution in [3.8, 4) is 0 Å². The fourth-order valence-electron chi connectivity index (χ4n) is 3.64. The summed E-state index contributed by atoms with van der Waals surface area (Å²) in [4.78, 5) is 26.7. The number of allylic oxidation sites excluding steroid dienone is 1. The van der Waals surface area contributed by atoms with Gasteiger partial charge in [0.05, 0.1) is 11.7 Å². The van der Waals surface area contributed by atoms with Crippen LogP contribution in [0, 0.1) is 0 Å². The number of halogens is 3. The van der Waals surface area contributed by atoms with Crippen LogP contribution in [0.2, 0.25) is 0 Å². The normalized spacial score (nSPS) is 22.5. The number of imide groups is 1. The summed E-state index contributed by atoms with van der Waals surface area (Å²) in [5.41, 5.74) is -0.917. The van der Waals surface area contributed by atoms with Crippen LogP contribution in [0.4, 0.5) is 18.0 Å². The summed E-state index contributed by atoms with van der Waals surface area (Å²) in [5.74, 6) is -0.810. The van der Waals surface area contributed by atoms with Gasteiger partial charge in [-0.3, -0.25) is 4.68 Å². The first-order chi connectivity index (χ1) is 15.0. The summed E-state index contributed by atoms with van der Waals surface area (Å²) >= 11 is 0.